The highest BCUT2D eigenvalue weighted by Gasteiger charge is 2.11. The Kier molecular flexibility index (Phi) is 7.07. The Morgan fingerprint density at radius 1 is 0.356 bits per heavy atom. The van der Waals surface area contributed by atoms with Crippen LogP contribution in [0.25, 0.3) is 76.4 Å². The number of pyridine rings is 1. The second-order valence-corrected chi connectivity index (χ2v) is 12.2. The zero-order chi connectivity index (χ0) is 30.0. The van der Waals surface area contributed by atoms with E-state index in [1.165, 1.54) is 54.8 Å². The van der Waals surface area contributed by atoms with Crippen LogP contribution in [0, 0.1) is 0 Å². The molecule has 2 heterocycles. The molecule has 0 aliphatic rings. The highest BCUT2D eigenvalue weighted by atomic mass is 32.1. The zero-order valence-electron chi connectivity index (χ0n) is 24.5. The Morgan fingerprint density at radius 3 is 1.38 bits per heavy atom. The molecule has 0 saturated heterocycles. The van der Waals surface area contributed by atoms with Crippen LogP contribution in [-0.4, -0.2) is 9.97 Å². The van der Waals surface area contributed by atoms with Crippen LogP contribution in [0.1, 0.15) is 0 Å². The van der Waals surface area contributed by atoms with Gasteiger partial charge in [-0.05, 0) is 92.0 Å². The van der Waals surface area contributed by atoms with Gasteiger partial charge < -0.3 is 0 Å². The molecule has 2 aromatic heterocycles. The maximum Gasteiger partial charge on any atom is 0.124 e. The van der Waals surface area contributed by atoms with E-state index in [1.807, 2.05) is 12.3 Å². The van der Waals surface area contributed by atoms with Crippen LogP contribution in [0.5, 0.6) is 0 Å². The molecule has 0 bridgehead atoms. The summed E-state index contributed by atoms with van der Waals surface area (Å²) in [6, 6.07) is 56.2. The summed E-state index contributed by atoms with van der Waals surface area (Å²) >= 11 is 1.74. The molecule has 8 aromatic rings. The van der Waals surface area contributed by atoms with Gasteiger partial charge in [-0.1, -0.05) is 121 Å². The van der Waals surface area contributed by atoms with Gasteiger partial charge in [0, 0.05) is 18.0 Å². The molecular formula is C42H28N2S. The maximum atomic E-state index is 5.09. The monoisotopic (exact) mass is 592 g/mol. The minimum absolute atomic E-state index is 1.02. The average Bonchev–Trinajstić information content (AvgIpc) is 3.56. The SMILES string of the molecule is c1ccc(-c2cc(-c3ccccc3)cc(-c3ccc4sc(-c5ccc(-c6ccc(-c7cccnc7)cc6)cc5)nc4c3)c2)cc1. The number of hydrogen-bond acceptors (Lipinski definition) is 3. The lowest BCUT2D eigenvalue weighted by atomic mass is 9.93. The molecule has 0 aliphatic heterocycles. The van der Waals surface area contributed by atoms with Crippen molar-refractivity contribution in [1.82, 2.24) is 9.97 Å². The van der Waals surface area contributed by atoms with Crippen LogP contribution in [-0.2, 0) is 0 Å². The lowest BCUT2D eigenvalue weighted by molar-refractivity contribution is 1.33. The van der Waals surface area contributed by atoms with Gasteiger partial charge in [-0.25, -0.2) is 4.98 Å². The number of hydrogen-bond donors (Lipinski definition) is 0. The molecule has 0 aliphatic carbocycles. The minimum atomic E-state index is 1.02. The summed E-state index contributed by atoms with van der Waals surface area (Å²) in [6.07, 6.45) is 3.70. The number of nitrogens with zero attached hydrogens (tertiary/aromatic N) is 2. The first-order valence-electron chi connectivity index (χ1n) is 15.1. The van der Waals surface area contributed by atoms with Crippen molar-refractivity contribution in [2.24, 2.45) is 0 Å². The van der Waals surface area contributed by atoms with Crippen molar-refractivity contribution in [3.8, 4) is 66.2 Å². The number of rotatable bonds is 6. The van der Waals surface area contributed by atoms with Gasteiger partial charge in [0.25, 0.3) is 0 Å². The van der Waals surface area contributed by atoms with Gasteiger partial charge in [0.05, 0.1) is 10.2 Å². The molecule has 0 fully saturated rings. The third-order valence-corrected chi connectivity index (χ3v) is 9.30. The standard InChI is InChI=1S/C42H28N2S/c1-3-8-29(9-4-1)37-24-38(30-10-5-2-6-11-30)26-39(25-37)35-21-22-41-40(27-35)44-42(45-41)34-19-17-32(18-20-34)31-13-15-33(16-14-31)36-12-7-23-43-28-36/h1-28H. The van der Waals surface area contributed by atoms with Crippen molar-refractivity contribution in [3.05, 3.63) is 170 Å². The summed E-state index contributed by atoms with van der Waals surface area (Å²) in [5.41, 5.74) is 14.0. The van der Waals surface area contributed by atoms with E-state index in [4.69, 9.17) is 4.98 Å². The number of fused-ring (bicyclic) bond motifs is 1. The maximum absolute atomic E-state index is 5.09. The summed E-state index contributed by atoms with van der Waals surface area (Å²) in [4.78, 5) is 9.33. The number of aromatic nitrogens is 2. The van der Waals surface area contributed by atoms with E-state index in [-0.39, 0.29) is 0 Å². The summed E-state index contributed by atoms with van der Waals surface area (Å²) in [6.45, 7) is 0. The van der Waals surface area contributed by atoms with Gasteiger partial charge in [-0.15, -0.1) is 11.3 Å². The predicted octanol–water partition coefficient (Wildman–Crippen LogP) is 11.7. The van der Waals surface area contributed by atoms with Crippen LogP contribution >= 0.6 is 11.3 Å². The average molecular weight is 593 g/mol. The predicted molar refractivity (Wildman–Crippen MR) is 190 cm³/mol. The summed E-state index contributed by atoms with van der Waals surface area (Å²) in [5.74, 6) is 0. The minimum Gasteiger partial charge on any atom is -0.264 e. The first kappa shape index (κ1) is 26.9. The Hall–Kier alpha value is -5.64. The van der Waals surface area contributed by atoms with E-state index in [1.54, 1.807) is 17.5 Å². The topological polar surface area (TPSA) is 25.8 Å². The smallest absolute Gasteiger partial charge is 0.124 e. The van der Waals surface area contributed by atoms with Crippen LogP contribution in [0.4, 0.5) is 0 Å². The van der Waals surface area contributed by atoms with Crippen molar-refractivity contribution in [2.75, 3.05) is 0 Å². The molecular weight excluding hydrogens is 565 g/mol. The molecule has 0 spiro atoms. The fraction of sp³-hybridized carbons (Fsp3) is 0. The van der Waals surface area contributed by atoms with E-state index in [0.29, 0.717) is 0 Å². The fourth-order valence-corrected chi connectivity index (χ4v) is 6.76. The molecule has 3 heteroatoms. The Bertz CT molecular complexity index is 2160. The van der Waals surface area contributed by atoms with Gasteiger partial charge in [-0.2, -0.15) is 0 Å². The zero-order valence-corrected chi connectivity index (χ0v) is 25.3. The molecule has 0 N–H and O–H groups in total. The molecule has 0 saturated carbocycles. The summed E-state index contributed by atoms with van der Waals surface area (Å²) in [5, 5.41) is 1.03. The summed E-state index contributed by atoms with van der Waals surface area (Å²) < 4.78 is 1.19. The molecule has 6 aromatic carbocycles. The first-order chi connectivity index (χ1) is 22.3. The highest BCUT2D eigenvalue weighted by Crippen LogP contribution is 2.37. The fourth-order valence-electron chi connectivity index (χ4n) is 5.81. The van der Waals surface area contributed by atoms with E-state index < -0.39 is 0 Å². The second-order valence-electron chi connectivity index (χ2n) is 11.1. The van der Waals surface area contributed by atoms with Crippen LogP contribution < -0.4 is 0 Å². The Balaban J connectivity index is 1.10. The van der Waals surface area contributed by atoms with Gasteiger partial charge >= 0.3 is 0 Å². The van der Waals surface area contributed by atoms with E-state index in [2.05, 4.69) is 157 Å². The molecule has 0 atom stereocenters. The molecule has 0 radical (unpaired) electrons. The lowest BCUT2D eigenvalue weighted by Gasteiger charge is -2.11. The molecule has 8 rings (SSSR count). The second kappa shape index (κ2) is 11.8. The lowest BCUT2D eigenvalue weighted by Crippen LogP contribution is -1.86. The van der Waals surface area contributed by atoms with Gasteiger partial charge in [-0.3, -0.25) is 4.98 Å². The normalized spacial score (nSPS) is 11.1. The Labute approximate surface area is 267 Å². The van der Waals surface area contributed by atoms with Crippen molar-refractivity contribution >= 4 is 21.6 Å². The quantitative estimate of drug-likeness (QED) is 0.192. The van der Waals surface area contributed by atoms with Crippen molar-refractivity contribution in [2.45, 2.75) is 0 Å². The highest BCUT2D eigenvalue weighted by molar-refractivity contribution is 7.21. The van der Waals surface area contributed by atoms with E-state index in [9.17, 15) is 0 Å². The van der Waals surface area contributed by atoms with Crippen molar-refractivity contribution < 1.29 is 0 Å². The number of thiazole rings is 1. The van der Waals surface area contributed by atoms with Crippen LogP contribution in [0.3, 0.4) is 0 Å². The van der Waals surface area contributed by atoms with Gasteiger partial charge in [0.2, 0.25) is 0 Å². The van der Waals surface area contributed by atoms with E-state index >= 15 is 0 Å². The molecule has 0 amide bonds. The van der Waals surface area contributed by atoms with Gasteiger partial charge in [0.15, 0.2) is 0 Å². The third kappa shape index (κ3) is 5.58. The van der Waals surface area contributed by atoms with E-state index in [0.717, 1.165) is 21.7 Å². The number of benzene rings is 6. The molecule has 2 nitrogen and oxygen atoms in total. The first-order valence-corrected chi connectivity index (χ1v) is 15.9. The molecule has 45 heavy (non-hydrogen) atoms. The third-order valence-electron chi connectivity index (χ3n) is 8.21. The van der Waals surface area contributed by atoms with Crippen LogP contribution in [0.2, 0.25) is 0 Å². The van der Waals surface area contributed by atoms with Gasteiger partial charge in [0.1, 0.15) is 5.01 Å². The summed E-state index contributed by atoms with van der Waals surface area (Å²) in [7, 11) is 0. The van der Waals surface area contributed by atoms with Crippen LogP contribution in [0.15, 0.2) is 170 Å². The largest absolute Gasteiger partial charge is 0.264 e. The molecule has 212 valence electrons. The Morgan fingerprint density at radius 2 is 0.822 bits per heavy atom. The molecule has 0 unspecified atom stereocenters. The van der Waals surface area contributed by atoms with Crippen molar-refractivity contribution in [1.29, 1.82) is 0 Å². The van der Waals surface area contributed by atoms with Crippen molar-refractivity contribution in [3.63, 3.8) is 0 Å².